The van der Waals surface area contributed by atoms with Gasteiger partial charge >= 0.3 is 0 Å². The number of nitrogens with one attached hydrogen (secondary N) is 1. The van der Waals surface area contributed by atoms with Gasteiger partial charge in [0.05, 0.1) is 7.11 Å². The van der Waals surface area contributed by atoms with Crippen molar-refractivity contribution in [2.24, 2.45) is 11.1 Å². The molecule has 0 aliphatic rings. The maximum atomic E-state index is 12.0. The zero-order chi connectivity index (χ0) is 15.2. The number of carbonyl (C=O) groups is 1. The molecule has 0 fully saturated rings. The predicted octanol–water partition coefficient (Wildman–Crippen LogP) is 1.90. The quantitative estimate of drug-likeness (QED) is 0.712. The minimum atomic E-state index is -0.205. The van der Waals surface area contributed by atoms with Gasteiger partial charge in [0.15, 0.2) is 11.5 Å². The molecule has 0 unspecified atom stereocenters. The van der Waals surface area contributed by atoms with E-state index in [2.05, 4.69) is 19.2 Å². The van der Waals surface area contributed by atoms with Crippen molar-refractivity contribution in [3.05, 3.63) is 23.8 Å². The molecule has 0 saturated heterocycles. The van der Waals surface area contributed by atoms with Gasteiger partial charge in [-0.3, -0.25) is 4.79 Å². The average molecular weight is 280 g/mol. The van der Waals surface area contributed by atoms with Gasteiger partial charge in [0, 0.05) is 12.1 Å². The Morgan fingerprint density at radius 2 is 2.15 bits per heavy atom. The van der Waals surface area contributed by atoms with Crippen LogP contribution in [0.25, 0.3) is 0 Å². The summed E-state index contributed by atoms with van der Waals surface area (Å²) in [6.45, 7) is 5.41. The molecule has 0 aromatic heterocycles. The van der Waals surface area contributed by atoms with E-state index >= 15 is 0 Å². The summed E-state index contributed by atoms with van der Waals surface area (Å²) in [5.41, 5.74) is 5.92. The molecule has 20 heavy (non-hydrogen) atoms. The van der Waals surface area contributed by atoms with E-state index in [4.69, 9.17) is 10.5 Å². The first kappa shape index (κ1) is 16.3. The molecule has 0 spiro atoms. The number of aromatic hydroxyl groups is 1. The van der Waals surface area contributed by atoms with Crippen LogP contribution in [-0.2, 0) is 0 Å². The van der Waals surface area contributed by atoms with Gasteiger partial charge in [-0.25, -0.2) is 0 Å². The van der Waals surface area contributed by atoms with Gasteiger partial charge in [-0.15, -0.1) is 0 Å². The molecule has 0 aliphatic heterocycles. The lowest BCUT2D eigenvalue weighted by molar-refractivity contribution is 0.0934. The first-order valence-electron chi connectivity index (χ1n) is 6.75. The van der Waals surface area contributed by atoms with Crippen LogP contribution < -0.4 is 15.8 Å². The van der Waals surface area contributed by atoms with Crippen LogP contribution in [0.15, 0.2) is 18.2 Å². The maximum Gasteiger partial charge on any atom is 0.251 e. The van der Waals surface area contributed by atoms with E-state index in [-0.39, 0.29) is 17.1 Å². The number of phenols is 1. The summed E-state index contributed by atoms with van der Waals surface area (Å²) in [5, 5.41) is 12.5. The average Bonchev–Trinajstić information content (AvgIpc) is 2.42. The third-order valence-corrected chi connectivity index (χ3v) is 3.23. The number of hydrogen-bond donors (Lipinski definition) is 3. The Hall–Kier alpha value is -1.75. The Morgan fingerprint density at radius 3 is 2.70 bits per heavy atom. The van der Waals surface area contributed by atoms with Gasteiger partial charge in [-0.1, -0.05) is 13.8 Å². The fourth-order valence-corrected chi connectivity index (χ4v) is 1.92. The molecule has 4 N–H and O–H groups in total. The molecule has 1 rings (SSSR count). The maximum absolute atomic E-state index is 12.0. The Morgan fingerprint density at radius 1 is 1.45 bits per heavy atom. The van der Waals surface area contributed by atoms with Crippen LogP contribution in [0.2, 0.25) is 0 Å². The van der Waals surface area contributed by atoms with E-state index in [0.29, 0.717) is 24.4 Å². The molecule has 0 saturated carbocycles. The molecular weight excluding hydrogens is 256 g/mol. The third-order valence-electron chi connectivity index (χ3n) is 3.23. The number of nitrogens with two attached hydrogens (primary N) is 1. The number of phenolic OH excluding ortho intramolecular Hbond substituents is 1. The fourth-order valence-electron chi connectivity index (χ4n) is 1.92. The zero-order valence-electron chi connectivity index (χ0n) is 12.4. The SMILES string of the molecule is COc1ccc(C(=O)NCC(C)(C)CCCN)cc1O. The Balaban J connectivity index is 2.61. The Labute approximate surface area is 120 Å². The third kappa shape index (κ3) is 4.74. The highest BCUT2D eigenvalue weighted by Crippen LogP contribution is 2.26. The number of carbonyl (C=O) groups excluding carboxylic acids is 1. The lowest BCUT2D eigenvalue weighted by atomic mass is 9.87. The largest absolute Gasteiger partial charge is 0.504 e. The highest BCUT2D eigenvalue weighted by atomic mass is 16.5. The zero-order valence-corrected chi connectivity index (χ0v) is 12.4. The Bertz CT molecular complexity index is 458. The molecule has 0 atom stereocenters. The molecule has 1 aromatic rings. The summed E-state index contributed by atoms with van der Waals surface area (Å²) in [7, 11) is 1.47. The van der Waals surface area contributed by atoms with Crippen molar-refractivity contribution in [1.29, 1.82) is 0 Å². The van der Waals surface area contributed by atoms with E-state index in [1.807, 2.05) is 0 Å². The van der Waals surface area contributed by atoms with Crippen molar-refractivity contribution in [1.82, 2.24) is 5.32 Å². The van der Waals surface area contributed by atoms with Gasteiger partial charge in [0.25, 0.3) is 5.91 Å². The van der Waals surface area contributed by atoms with Gasteiger partial charge in [0.2, 0.25) is 0 Å². The minimum absolute atomic E-state index is 0.00352. The van der Waals surface area contributed by atoms with E-state index < -0.39 is 0 Å². The topological polar surface area (TPSA) is 84.6 Å². The van der Waals surface area contributed by atoms with E-state index in [1.165, 1.54) is 13.2 Å². The second-order valence-electron chi connectivity index (χ2n) is 5.63. The van der Waals surface area contributed by atoms with Crippen molar-refractivity contribution in [2.45, 2.75) is 26.7 Å². The predicted molar refractivity (Wildman–Crippen MR) is 79.1 cm³/mol. The molecule has 5 heteroatoms. The van der Waals surface area contributed by atoms with Crippen LogP contribution in [0.4, 0.5) is 0 Å². The van der Waals surface area contributed by atoms with E-state index in [0.717, 1.165) is 12.8 Å². The summed E-state index contributed by atoms with van der Waals surface area (Å²) in [6.07, 6.45) is 1.89. The van der Waals surface area contributed by atoms with Crippen LogP contribution in [0, 0.1) is 5.41 Å². The van der Waals surface area contributed by atoms with Gasteiger partial charge in [0.1, 0.15) is 0 Å². The number of benzene rings is 1. The van der Waals surface area contributed by atoms with Crippen molar-refractivity contribution in [2.75, 3.05) is 20.2 Å². The minimum Gasteiger partial charge on any atom is -0.504 e. The van der Waals surface area contributed by atoms with E-state index in [9.17, 15) is 9.90 Å². The number of methoxy groups -OCH3 is 1. The molecule has 0 bridgehead atoms. The van der Waals surface area contributed by atoms with Crippen molar-refractivity contribution >= 4 is 5.91 Å². The second-order valence-corrected chi connectivity index (χ2v) is 5.63. The molecule has 0 aliphatic carbocycles. The van der Waals surface area contributed by atoms with Crippen LogP contribution in [0.5, 0.6) is 11.5 Å². The number of amides is 1. The van der Waals surface area contributed by atoms with Gasteiger partial charge in [-0.05, 0) is 43.0 Å². The second kappa shape index (κ2) is 7.14. The van der Waals surface area contributed by atoms with E-state index in [1.54, 1.807) is 12.1 Å². The highest BCUT2D eigenvalue weighted by Gasteiger charge is 2.19. The summed E-state index contributed by atoms with van der Waals surface area (Å²) in [5.74, 6) is 0.108. The van der Waals surface area contributed by atoms with Crippen molar-refractivity contribution in [3.63, 3.8) is 0 Å². The normalized spacial score (nSPS) is 11.2. The molecular formula is C15H24N2O3. The van der Waals surface area contributed by atoms with Crippen molar-refractivity contribution < 1.29 is 14.6 Å². The monoisotopic (exact) mass is 280 g/mol. The van der Waals surface area contributed by atoms with Crippen LogP contribution >= 0.6 is 0 Å². The smallest absolute Gasteiger partial charge is 0.251 e. The first-order chi connectivity index (χ1) is 9.39. The molecule has 0 heterocycles. The van der Waals surface area contributed by atoms with Crippen molar-refractivity contribution in [3.8, 4) is 11.5 Å². The first-order valence-corrected chi connectivity index (χ1v) is 6.75. The molecule has 1 amide bonds. The highest BCUT2D eigenvalue weighted by molar-refractivity contribution is 5.94. The number of hydrogen-bond acceptors (Lipinski definition) is 4. The lowest BCUT2D eigenvalue weighted by Crippen LogP contribution is -2.34. The summed E-state index contributed by atoms with van der Waals surface area (Å²) < 4.78 is 4.94. The fraction of sp³-hybridized carbons (Fsp3) is 0.533. The Kier molecular flexibility index (Phi) is 5.82. The molecule has 0 radical (unpaired) electrons. The summed E-state index contributed by atoms with van der Waals surface area (Å²) in [6, 6.07) is 4.60. The van der Waals surface area contributed by atoms with Crippen LogP contribution in [0.1, 0.15) is 37.0 Å². The van der Waals surface area contributed by atoms with Crippen LogP contribution in [-0.4, -0.2) is 31.2 Å². The van der Waals surface area contributed by atoms with Gasteiger partial charge < -0.3 is 20.9 Å². The van der Waals surface area contributed by atoms with Crippen LogP contribution in [0.3, 0.4) is 0 Å². The number of ether oxygens (including phenoxy) is 1. The summed E-state index contributed by atoms with van der Waals surface area (Å²) in [4.78, 5) is 12.0. The molecule has 112 valence electrons. The lowest BCUT2D eigenvalue weighted by Gasteiger charge is -2.24. The van der Waals surface area contributed by atoms with Gasteiger partial charge in [-0.2, -0.15) is 0 Å². The standard InChI is InChI=1S/C15H24N2O3/c1-15(2,7-4-8-16)10-17-14(19)11-5-6-13(20-3)12(18)9-11/h5-6,9,18H,4,7-8,10,16H2,1-3H3,(H,17,19). The summed E-state index contributed by atoms with van der Waals surface area (Å²) >= 11 is 0. The number of rotatable bonds is 7. The molecule has 5 nitrogen and oxygen atoms in total. The molecule has 1 aromatic carbocycles.